The maximum Gasteiger partial charge on any atom is 0.297 e. The summed E-state index contributed by atoms with van der Waals surface area (Å²) in [7, 11) is -3.92. The number of hydrogen-bond acceptors (Lipinski definition) is 5. The predicted octanol–water partition coefficient (Wildman–Crippen LogP) is 3.13. The number of rotatable bonds is 3. The molecular formula is C16H16N4O3S. The van der Waals surface area contributed by atoms with Crippen molar-refractivity contribution in [3.8, 4) is 6.07 Å². The Bertz CT molecular complexity index is 1050. The molecule has 0 radical (unpaired) electrons. The van der Waals surface area contributed by atoms with Gasteiger partial charge in [0, 0.05) is 17.0 Å². The summed E-state index contributed by atoms with van der Waals surface area (Å²) in [6.45, 7) is 5.64. The second-order valence-corrected chi connectivity index (χ2v) is 8.00. The molecule has 0 saturated carbocycles. The zero-order chi connectivity index (χ0) is 17.5. The van der Waals surface area contributed by atoms with Gasteiger partial charge in [-0.3, -0.25) is 4.72 Å². The molecule has 2 N–H and O–H groups in total. The van der Waals surface area contributed by atoms with E-state index in [0.29, 0.717) is 28.0 Å². The second kappa shape index (κ2) is 5.39. The van der Waals surface area contributed by atoms with Crippen LogP contribution in [0.4, 0.5) is 5.69 Å². The first-order chi connectivity index (χ1) is 11.2. The van der Waals surface area contributed by atoms with Gasteiger partial charge in [-0.1, -0.05) is 32.9 Å². The normalized spacial score (nSPS) is 12.2. The Balaban J connectivity index is 2.00. The van der Waals surface area contributed by atoms with Gasteiger partial charge < -0.3 is 9.40 Å². The van der Waals surface area contributed by atoms with Crippen LogP contribution in [-0.2, 0) is 15.4 Å². The summed E-state index contributed by atoms with van der Waals surface area (Å²) in [5, 5.41) is 9.46. The third-order valence-electron chi connectivity index (χ3n) is 3.47. The minimum absolute atomic E-state index is 0.253. The second-order valence-electron chi connectivity index (χ2n) is 6.38. The predicted molar refractivity (Wildman–Crippen MR) is 89.0 cm³/mol. The lowest BCUT2D eigenvalue weighted by Crippen LogP contribution is -2.13. The van der Waals surface area contributed by atoms with Crippen LogP contribution in [0.25, 0.3) is 10.9 Å². The third kappa shape index (κ3) is 2.74. The van der Waals surface area contributed by atoms with Crippen molar-refractivity contribution in [3.63, 3.8) is 0 Å². The Morgan fingerprint density at radius 1 is 1.33 bits per heavy atom. The Morgan fingerprint density at radius 2 is 2.08 bits per heavy atom. The molecule has 8 heteroatoms. The van der Waals surface area contributed by atoms with Crippen molar-refractivity contribution < 1.29 is 12.8 Å². The molecule has 2 heterocycles. The fourth-order valence-corrected chi connectivity index (χ4v) is 3.20. The molecule has 0 aliphatic heterocycles. The molecule has 0 spiro atoms. The molecule has 0 bridgehead atoms. The lowest BCUT2D eigenvalue weighted by molar-refractivity contribution is 0.344. The van der Waals surface area contributed by atoms with Gasteiger partial charge in [-0.15, -0.1) is 0 Å². The van der Waals surface area contributed by atoms with Crippen LogP contribution in [-0.4, -0.2) is 18.4 Å². The van der Waals surface area contributed by atoms with E-state index in [1.807, 2.05) is 20.8 Å². The van der Waals surface area contributed by atoms with E-state index in [1.54, 1.807) is 18.2 Å². The van der Waals surface area contributed by atoms with Gasteiger partial charge in [-0.05, 0) is 6.07 Å². The summed E-state index contributed by atoms with van der Waals surface area (Å²) < 4.78 is 33.0. The van der Waals surface area contributed by atoms with Gasteiger partial charge in [-0.2, -0.15) is 13.7 Å². The summed E-state index contributed by atoms with van der Waals surface area (Å²) in [5.41, 5.74) is 0.922. The van der Waals surface area contributed by atoms with E-state index in [-0.39, 0.29) is 5.09 Å². The van der Waals surface area contributed by atoms with Gasteiger partial charge >= 0.3 is 0 Å². The van der Waals surface area contributed by atoms with Crippen LogP contribution >= 0.6 is 0 Å². The monoisotopic (exact) mass is 344 g/mol. The average Bonchev–Trinajstić information content (AvgIpc) is 3.14. The van der Waals surface area contributed by atoms with Crippen LogP contribution in [0.15, 0.2) is 40.1 Å². The average molecular weight is 344 g/mol. The molecule has 0 aliphatic rings. The number of sulfonamides is 1. The first-order valence-electron chi connectivity index (χ1n) is 7.22. The number of nitrogens with zero attached hydrogens (tertiary/aromatic N) is 2. The van der Waals surface area contributed by atoms with Crippen LogP contribution in [0.5, 0.6) is 0 Å². The minimum Gasteiger partial charge on any atom is -0.427 e. The van der Waals surface area contributed by atoms with E-state index in [0.717, 1.165) is 0 Å². The number of anilines is 1. The molecule has 124 valence electrons. The number of aromatic nitrogens is 2. The van der Waals surface area contributed by atoms with Crippen molar-refractivity contribution in [1.29, 1.82) is 5.26 Å². The van der Waals surface area contributed by atoms with Crippen molar-refractivity contribution in [2.45, 2.75) is 31.3 Å². The van der Waals surface area contributed by atoms with Gasteiger partial charge in [0.1, 0.15) is 6.07 Å². The highest BCUT2D eigenvalue weighted by atomic mass is 32.2. The topological polar surface area (TPSA) is 112 Å². The first kappa shape index (κ1) is 16.1. The molecular weight excluding hydrogens is 328 g/mol. The fraction of sp³-hybridized carbons (Fsp3) is 0.250. The number of hydrogen-bond donors (Lipinski definition) is 2. The maximum atomic E-state index is 12.5. The number of benzene rings is 1. The smallest absolute Gasteiger partial charge is 0.297 e. The number of aromatic amines is 1. The molecule has 0 unspecified atom stereocenters. The molecule has 24 heavy (non-hydrogen) atoms. The molecule has 1 aromatic carbocycles. The molecule has 0 fully saturated rings. The Hall–Kier alpha value is -2.79. The number of nitriles is 1. The summed E-state index contributed by atoms with van der Waals surface area (Å²) in [6.07, 6.45) is 2.73. The molecule has 0 atom stereocenters. The highest BCUT2D eigenvalue weighted by molar-refractivity contribution is 7.92. The number of H-pyrrole nitrogens is 1. The molecule has 3 rings (SSSR count). The molecule has 0 aliphatic carbocycles. The maximum absolute atomic E-state index is 12.5. The zero-order valence-corrected chi connectivity index (χ0v) is 14.2. The Morgan fingerprint density at radius 3 is 2.71 bits per heavy atom. The molecule has 0 saturated heterocycles. The van der Waals surface area contributed by atoms with Crippen molar-refractivity contribution in [2.24, 2.45) is 0 Å². The van der Waals surface area contributed by atoms with Gasteiger partial charge in [0.25, 0.3) is 15.1 Å². The molecule has 0 amide bonds. The van der Waals surface area contributed by atoms with E-state index in [9.17, 15) is 8.42 Å². The van der Waals surface area contributed by atoms with Crippen LogP contribution < -0.4 is 4.72 Å². The molecule has 2 aromatic heterocycles. The van der Waals surface area contributed by atoms with E-state index in [2.05, 4.69) is 20.8 Å². The highest BCUT2D eigenvalue weighted by Crippen LogP contribution is 2.28. The SMILES string of the molecule is CC(C)(C)c1ncc(S(=O)(=O)Nc2cccc3c(C#N)c[nH]c23)o1. The summed E-state index contributed by atoms with van der Waals surface area (Å²) >= 11 is 0. The van der Waals surface area contributed by atoms with Crippen LogP contribution in [0.1, 0.15) is 32.2 Å². The molecule has 3 aromatic rings. The zero-order valence-electron chi connectivity index (χ0n) is 13.4. The van der Waals surface area contributed by atoms with Crippen molar-refractivity contribution in [1.82, 2.24) is 9.97 Å². The summed E-state index contributed by atoms with van der Waals surface area (Å²) in [5.74, 6) is 0.340. The van der Waals surface area contributed by atoms with Gasteiger partial charge in [0.2, 0.25) is 5.89 Å². The van der Waals surface area contributed by atoms with Crippen molar-refractivity contribution >= 4 is 26.6 Å². The van der Waals surface area contributed by atoms with E-state index in [4.69, 9.17) is 9.68 Å². The van der Waals surface area contributed by atoms with Crippen molar-refractivity contribution in [3.05, 3.63) is 42.0 Å². The largest absolute Gasteiger partial charge is 0.427 e. The summed E-state index contributed by atoms with van der Waals surface area (Å²) in [6, 6.07) is 7.09. The standard InChI is InChI=1S/C16H16N4O3S/c1-16(2,3)15-19-9-13(23-15)24(21,22)20-12-6-4-5-11-10(7-17)8-18-14(11)12/h4-6,8-9,18,20H,1-3H3. The summed E-state index contributed by atoms with van der Waals surface area (Å²) in [4.78, 5) is 6.95. The van der Waals surface area contributed by atoms with Gasteiger partial charge in [0.15, 0.2) is 0 Å². The minimum atomic E-state index is -3.92. The fourth-order valence-electron chi connectivity index (χ4n) is 2.26. The van der Waals surface area contributed by atoms with Crippen LogP contribution in [0.2, 0.25) is 0 Å². The quantitative estimate of drug-likeness (QED) is 0.758. The Kier molecular flexibility index (Phi) is 3.61. The van der Waals surface area contributed by atoms with E-state index in [1.165, 1.54) is 12.4 Å². The lowest BCUT2D eigenvalue weighted by atomic mass is 9.97. The highest BCUT2D eigenvalue weighted by Gasteiger charge is 2.26. The lowest BCUT2D eigenvalue weighted by Gasteiger charge is -2.12. The number of fused-ring (bicyclic) bond motifs is 1. The van der Waals surface area contributed by atoms with E-state index >= 15 is 0 Å². The number of para-hydroxylation sites is 1. The Labute approximate surface area is 139 Å². The van der Waals surface area contributed by atoms with Gasteiger partial charge in [-0.25, -0.2) is 4.98 Å². The first-order valence-corrected chi connectivity index (χ1v) is 8.70. The number of nitrogens with one attached hydrogen (secondary N) is 2. The van der Waals surface area contributed by atoms with Crippen LogP contribution in [0, 0.1) is 11.3 Å². The van der Waals surface area contributed by atoms with E-state index < -0.39 is 15.4 Å². The third-order valence-corrected chi connectivity index (χ3v) is 4.68. The van der Waals surface area contributed by atoms with Crippen LogP contribution in [0.3, 0.4) is 0 Å². The number of oxazole rings is 1. The van der Waals surface area contributed by atoms with Gasteiger partial charge in [0.05, 0.1) is 23.0 Å². The molecule has 7 nitrogen and oxygen atoms in total. The van der Waals surface area contributed by atoms with Crippen molar-refractivity contribution in [2.75, 3.05) is 4.72 Å².